The molecule has 2 aromatic rings. The molecule has 0 aliphatic carbocycles. The summed E-state index contributed by atoms with van der Waals surface area (Å²) in [4.78, 5) is 20.3. The molecule has 8 heteroatoms. The molecule has 1 aromatic heterocycles. The van der Waals surface area contributed by atoms with Crippen LogP contribution in [-0.4, -0.2) is 53.9 Å². The third kappa shape index (κ3) is 3.79. The van der Waals surface area contributed by atoms with E-state index in [-0.39, 0.29) is 29.8 Å². The second kappa shape index (κ2) is 7.18. The first-order chi connectivity index (χ1) is 12.0. The molecule has 1 aliphatic rings. The summed E-state index contributed by atoms with van der Waals surface area (Å²) in [6, 6.07) is 3.97. The van der Waals surface area contributed by atoms with Crippen LogP contribution in [0, 0.1) is 11.6 Å². The average molecular weight is 351 g/mol. The molecule has 0 bridgehead atoms. The van der Waals surface area contributed by atoms with Crippen LogP contribution in [0.2, 0.25) is 0 Å². The molecule has 134 valence electrons. The van der Waals surface area contributed by atoms with Gasteiger partial charge in [0, 0.05) is 19.1 Å². The van der Waals surface area contributed by atoms with E-state index >= 15 is 0 Å². The molecule has 3 rings (SSSR count). The Bertz CT molecular complexity index is 763. The number of hydrogen-bond donors (Lipinski definition) is 0. The van der Waals surface area contributed by atoms with E-state index < -0.39 is 11.6 Å². The number of carbonyl (C=O) groups is 1. The second-order valence-corrected chi connectivity index (χ2v) is 6.12. The van der Waals surface area contributed by atoms with Gasteiger partial charge < -0.3 is 19.0 Å². The zero-order chi connectivity index (χ0) is 18.0. The summed E-state index contributed by atoms with van der Waals surface area (Å²) >= 11 is 0. The first-order valence-corrected chi connectivity index (χ1v) is 7.92. The Morgan fingerprint density at radius 1 is 1.44 bits per heavy atom. The number of oxazole rings is 1. The number of hydrogen-bond acceptors (Lipinski definition) is 5. The highest BCUT2D eigenvalue weighted by Gasteiger charge is 2.29. The van der Waals surface area contributed by atoms with Gasteiger partial charge in [0.25, 0.3) is 5.91 Å². The fourth-order valence-electron chi connectivity index (χ4n) is 2.72. The Morgan fingerprint density at radius 3 is 2.96 bits per heavy atom. The molecule has 0 radical (unpaired) electrons. The predicted octanol–water partition coefficient (Wildman–Crippen LogP) is 2.31. The maximum absolute atomic E-state index is 13.5. The third-order valence-electron chi connectivity index (χ3n) is 4.22. The van der Waals surface area contributed by atoms with Crippen LogP contribution in [0.25, 0.3) is 0 Å². The van der Waals surface area contributed by atoms with Crippen LogP contribution >= 0.6 is 0 Å². The molecule has 1 amide bonds. The number of likely N-dealkylation sites (N-methyl/N-ethyl adjacent to an activating group) is 1. The zero-order valence-corrected chi connectivity index (χ0v) is 14.0. The summed E-state index contributed by atoms with van der Waals surface area (Å²) in [6.45, 7) is 1.10. The Kier molecular flexibility index (Phi) is 4.98. The lowest BCUT2D eigenvalue weighted by Crippen LogP contribution is -2.34. The predicted molar refractivity (Wildman–Crippen MR) is 85.2 cm³/mol. The van der Waals surface area contributed by atoms with Crippen molar-refractivity contribution in [2.75, 3.05) is 27.2 Å². The Balaban J connectivity index is 1.61. The molecule has 1 unspecified atom stereocenters. The zero-order valence-electron chi connectivity index (χ0n) is 14.0. The Hall–Kier alpha value is -2.48. The molecule has 0 spiro atoms. The number of rotatable bonds is 5. The van der Waals surface area contributed by atoms with E-state index in [1.54, 1.807) is 4.90 Å². The van der Waals surface area contributed by atoms with Crippen LogP contribution in [0.5, 0.6) is 5.75 Å². The summed E-state index contributed by atoms with van der Waals surface area (Å²) in [5.41, 5.74) is 0.178. The molecule has 1 aromatic carbocycles. The van der Waals surface area contributed by atoms with Crippen LogP contribution in [0.4, 0.5) is 8.78 Å². The van der Waals surface area contributed by atoms with E-state index in [1.807, 2.05) is 14.1 Å². The largest absolute Gasteiger partial charge is 0.481 e. The van der Waals surface area contributed by atoms with E-state index in [4.69, 9.17) is 9.15 Å². The van der Waals surface area contributed by atoms with Gasteiger partial charge in [-0.1, -0.05) is 6.07 Å². The lowest BCUT2D eigenvalue weighted by Gasteiger charge is -2.19. The number of aromatic nitrogens is 1. The van der Waals surface area contributed by atoms with Gasteiger partial charge in [0.15, 0.2) is 23.9 Å². The molecule has 25 heavy (non-hydrogen) atoms. The van der Waals surface area contributed by atoms with Crippen molar-refractivity contribution in [2.24, 2.45) is 0 Å². The Labute approximate surface area is 144 Å². The maximum Gasteiger partial charge on any atom is 0.275 e. The van der Waals surface area contributed by atoms with Crippen LogP contribution in [0.15, 0.2) is 28.9 Å². The van der Waals surface area contributed by atoms with Crippen molar-refractivity contribution >= 4 is 5.91 Å². The number of ether oxygens (including phenoxy) is 1. The molecule has 2 heterocycles. The van der Waals surface area contributed by atoms with Crippen LogP contribution < -0.4 is 4.74 Å². The minimum atomic E-state index is -1.07. The van der Waals surface area contributed by atoms with Crippen molar-refractivity contribution < 1.29 is 22.7 Å². The van der Waals surface area contributed by atoms with E-state index in [9.17, 15) is 13.6 Å². The quantitative estimate of drug-likeness (QED) is 0.827. The first-order valence-electron chi connectivity index (χ1n) is 7.92. The SMILES string of the molecule is CN(C)C1CCN(C(=O)c2coc(COc3cccc(F)c3F)n2)C1. The van der Waals surface area contributed by atoms with Gasteiger partial charge in [-0.15, -0.1) is 0 Å². The molecule has 6 nitrogen and oxygen atoms in total. The normalized spacial score (nSPS) is 17.3. The monoisotopic (exact) mass is 351 g/mol. The van der Waals surface area contributed by atoms with E-state index in [0.29, 0.717) is 19.1 Å². The molecule has 0 N–H and O–H groups in total. The fraction of sp³-hybridized carbons (Fsp3) is 0.412. The third-order valence-corrected chi connectivity index (χ3v) is 4.22. The standard InChI is InChI=1S/C17H19F2N3O3/c1-21(2)11-6-7-22(8-11)17(23)13-9-25-15(20-13)10-24-14-5-3-4-12(18)16(14)19/h3-5,9,11H,6-8,10H2,1-2H3. The minimum absolute atomic E-state index is 0.121. The van der Waals surface area contributed by atoms with Crippen molar-refractivity contribution in [3.8, 4) is 5.75 Å². The lowest BCUT2D eigenvalue weighted by molar-refractivity contribution is 0.0777. The number of benzene rings is 1. The van der Waals surface area contributed by atoms with Gasteiger partial charge >= 0.3 is 0 Å². The van der Waals surface area contributed by atoms with E-state index in [1.165, 1.54) is 18.4 Å². The Morgan fingerprint density at radius 2 is 2.24 bits per heavy atom. The number of likely N-dealkylation sites (tertiary alicyclic amines) is 1. The average Bonchev–Trinajstić information content (AvgIpc) is 3.25. The van der Waals surface area contributed by atoms with Crippen molar-refractivity contribution in [1.29, 1.82) is 0 Å². The van der Waals surface area contributed by atoms with E-state index in [2.05, 4.69) is 9.88 Å². The lowest BCUT2D eigenvalue weighted by atomic mass is 10.2. The van der Waals surface area contributed by atoms with Gasteiger partial charge in [-0.2, -0.15) is 4.39 Å². The van der Waals surface area contributed by atoms with Gasteiger partial charge in [-0.25, -0.2) is 9.37 Å². The summed E-state index contributed by atoms with van der Waals surface area (Å²) in [5, 5.41) is 0. The minimum Gasteiger partial charge on any atom is -0.481 e. The molecular weight excluding hydrogens is 332 g/mol. The highest BCUT2D eigenvalue weighted by molar-refractivity contribution is 5.92. The number of halogens is 2. The van der Waals surface area contributed by atoms with Crippen molar-refractivity contribution in [3.05, 3.63) is 47.7 Å². The maximum atomic E-state index is 13.5. The van der Waals surface area contributed by atoms with Gasteiger partial charge in [0.05, 0.1) is 0 Å². The summed E-state index contributed by atoms with van der Waals surface area (Å²) in [7, 11) is 3.96. The first kappa shape index (κ1) is 17.3. The highest BCUT2D eigenvalue weighted by atomic mass is 19.2. The summed E-state index contributed by atoms with van der Waals surface area (Å²) in [5.74, 6) is -2.39. The highest BCUT2D eigenvalue weighted by Crippen LogP contribution is 2.21. The summed E-state index contributed by atoms with van der Waals surface area (Å²) in [6.07, 6.45) is 2.16. The number of carbonyl (C=O) groups excluding carboxylic acids is 1. The molecule has 1 aliphatic heterocycles. The second-order valence-electron chi connectivity index (χ2n) is 6.12. The number of nitrogens with zero attached hydrogens (tertiary/aromatic N) is 3. The smallest absolute Gasteiger partial charge is 0.275 e. The van der Waals surface area contributed by atoms with Crippen LogP contribution in [-0.2, 0) is 6.61 Å². The summed E-state index contributed by atoms with van der Waals surface area (Å²) < 4.78 is 37.0. The molecule has 1 fully saturated rings. The van der Waals surface area contributed by atoms with Crippen molar-refractivity contribution in [2.45, 2.75) is 19.1 Å². The van der Waals surface area contributed by atoms with Gasteiger partial charge in [0.2, 0.25) is 11.7 Å². The van der Waals surface area contributed by atoms with Gasteiger partial charge in [-0.05, 0) is 32.6 Å². The van der Waals surface area contributed by atoms with Crippen molar-refractivity contribution in [3.63, 3.8) is 0 Å². The molecule has 1 atom stereocenters. The molecule has 1 saturated heterocycles. The molecular formula is C17H19F2N3O3. The topological polar surface area (TPSA) is 58.8 Å². The van der Waals surface area contributed by atoms with Crippen molar-refractivity contribution in [1.82, 2.24) is 14.8 Å². The fourth-order valence-corrected chi connectivity index (χ4v) is 2.72. The number of amides is 1. The van der Waals surface area contributed by atoms with Crippen LogP contribution in [0.3, 0.4) is 0 Å². The van der Waals surface area contributed by atoms with Crippen LogP contribution in [0.1, 0.15) is 22.8 Å². The van der Waals surface area contributed by atoms with Gasteiger partial charge in [-0.3, -0.25) is 4.79 Å². The van der Waals surface area contributed by atoms with E-state index in [0.717, 1.165) is 12.5 Å². The molecule has 0 saturated carbocycles. The van der Waals surface area contributed by atoms with Gasteiger partial charge in [0.1, 0.15) is 6.26 Å².